The Morgan fingerprint density at radius 2 is 1.10 bits per heavy atom. The van der Waals surface area contributed by atoms with Gasteiger partial charge >= 0.3 is 0 Å². The highest BCUT2D eigenvalue weighted by atomic mass is 35.5. The van der Waals surface area contributed by atoms with Crippen molar-refractivity contribution in [2.75, 3.05) is 39.1 Å². The van der Waals surface area contributed by atoms with Crippen molar-refractivity contribution in [3.63, 3.8) is 0 Å². The lowest BCUT2D eigenvalue weighted by Crippen LogP contribution is -2.05. The summed E-state index contributed by atoms with van der Waals surface area (Å²) in [5, 5.41) is 6.15. The van der Waals surface area contributed by atoms with E-state index in [1.807, 2.05) is 0 Å². The van der Waals surface area contributed by atoms with Crippen LogP contribution < -0.4 is 29.6 Å². The molecule has 152 valence electrons. The maximum Gasteiger partial charge on any atom is 0.233 e. The summed E-state index contributed by atoms with van der Waals surface area (Å²) in [6.07, 6.45) is 0. The van der Waals surface area contributed by atoms with E-state index in [0.29, 0.717) is 34.4 Å². The molecule has 0 saturated heterocycles. The molecule has 10 heteroatoms. The van der Waals surface area contributed by atoms with Crippen molar-refractivity contribution in [3.05, 3.63) is 41.7 Å². The Morgan fingerprint density at radius 3 is 1.48 bits per heavy atom. The Morgan fingerprint density at radius 1 is 0.655 bits per heavy atom. The molecule has 29 heavy (non-hydrogen) atoms. The van der Waals surface area contributed by atoms with Crippen LogP contribution in [-0.2, 0) is 0 Å². The van der Waals surface area contributed by atoms with Crippen LogP contribution in [0, 0.1) is 0 Å². The van der Waals surface area contributed by atoms with Crippen molar-refractivity contribution < 1.29 is 18.9 Å². The monoisotopic (exact) mass is 417 g/mol. The minimum Gasteiger partial charge on any atom is -0.497 e. The Hall–Kier alpha value is -3.46. The highest BCUT2D eigenvalue weighted by Crippen LogP contribution is 2.33. The third-order valence-electron chi connectivity index (χ3n) is 3.91. The van der Waals surface area contributed by atoms with E-state index in [1.165, 1.54) is 0 Å². The molecule has 0 aliphatic carbocycles. The highest BCUT2D eigenvalue weighted by molar-refractivity contribution is 6.28. The second-order valence-corrected chi connectivity index (χ2v) is 5.97. The van der Waals surface area contributed by atoms with Gasteiger partial charge in [0.15, 0.2) is 0 Å². The molecule has 1 aromatic heterocycles. The normalized spacial score (nSPS) is 10.2. The second kappa shape index (κ2) is 9.16. The van der Waals surface area contributed by atoms with Gasteiger partial charge in [-0.25, -0.2) is 0 Å². The summed E-state index contributed by atoms with van der Waals surface area (Å²) in [5.74, 6) is 2.92. The van der Waals surface area contributed by atoms with Gasteiger partial charge < -0.3 is 29.6 Å². The Bertz CT molecular complexity index is 927. The van der Waals surface area contributed by atoms with Gasteiger partial charge in [-0.2, -0.15) is 15.0 Å². The molecule has 0 unspecified atom stereocenters. The number of rotatable bonds is 8. The predicted molar refractivity (Wildman–Crippen MR) is 110 cm³/mol. The summed E-state index contributed by atoms with van der Waals surface area (Å²) in [4.78, 5) is 12.6. The van der Waals surface area contributed by atoms with Crippen LogP contribution >= 0.6 is 11.6 Å². The zero-order valence-electron chi connectivity index (χ0n) is 16.3. The minimum atomic E-state index is 0.00808. The van der Waals surface area contributed by atoms with E-state index in [9.17, 15) is 0 Å². The molecule has 0 fully saturated rings. The van der Waals surface area contributed by atoms with Crippen LogP contribution in [0.15, 0.2) is 36.4 Å². The lowest BCUT2D eigenvalue weighted by Gasteiger charge is -2.14. The second-order valence-electron chi connectivity index (χ2n) is 5.63. The number of nitrogens with zero attached hydrogens (tertiary/aromatic N) is 3. The van der Waals surface area contributed by atoms with Crippen LogP contribution in [0.2, 0.25) is 5.28 Å². The van der Waals surface area contributed by atoms with Crippen molar-refractivity contribution in [2.45, 2.75) is 0 Å². The number of anilines is 4. The lowest BCUT2D eigenvalue weighted by molar-refractivity contribution is 0.404. The first-order valence-corrected chi connectivity index (χ1v) is 8.83. The van der Waals surface area contributed by atoms with Gasteiger partial charge in [-0.05, 0) is 35.9 Å². The van der Waals surface area contributed by atoms with E-state index in [4.69, 9.17) is 30.5 Å². The molecule has 3 rings (SSSR count). The average molecular weight is 418 g/mol. The zero-order chi connectivity index (χ0) is 20.8. The average Bonchev–Trinajstić information content (AvgIpc) is 2.73. The van der Waals surface area contributed by atoms with Gasteiger partial charge in [-0.1, -0.05) is 0 Å². The number of benzene rings is 2. The first-order chi connectivity index (χ1) is 14.1. The lowest BCUT2D eigenvalue weighted by atomic mass is 10.2. The van der Waals surface area contributed by atoms with E-state index < -0.39 is 0 Å². The fraction of sp³-hybridized carbons (Fsp3) is 0.211. The van der Waals surface area contributed by atoms with Crippen LogP contribution in [0.3, 0.4) is 0 Å². The number of ether oxygens (including phenoxy) is 4. The Labute approximate surface area is 173 Å². The summed E-state index contributed by atoms with van der Waals surface area (Å²) >= 11 is 6.09. The first kappa shape index (κ1) is 20.3. The van der Waals surface area contributed by atoms with Crippen LogP contribution in [0.25, 0.3) is 0 Å². The molecule has 0 saturated carbocycles. The van der Waals surface area contributed by atoms with Crippen molar-refractivity contribution in [1.29, 1.82) is 0 Å². The summed E-state index contributed by atoms with van der Waals surface area (Å²) in [7, 11) is 6.29. The van der Waals surface area contributed by atoms with E-state index in [2.05, 4.69) is 25.6 Å². The number of aromatic nitrogens is 3. The van der Waals surface area contributed by atoms with E-state index in [0.717, 1.165) is 0 Å². The topological polar surface area (TPSA) is 99.7 Å². The van der Waals surface area contributed by atoms with Crippen molar-refractivity contribution >= 4 is 34.9 Å². The number of hydrogen-bond acceptors (Lipinski definition) is 9. The maximum atomic E-state index is 6.09. The van der Waals surface area contributed by atoms with Gasteiger partial charge in [0, 0.05) is 12.1 Å². The molecule has 0 amide bonds. The summed E-state index contributed by atoms with van der Waals surface area (Å²) in [5.41, 5.74) is 1.22. The molecule has 0 atom stereocenters. The van der Waals surface area contributed by atoms with Gasteiger partial charge in [-0.3, -0.25) is 0 Å². The van der Waals surface area contributed by atoms with Gasteiger partial charge in [0.25, 0.3) is 0 Å². The largest absolute Gasteiger partial charge is 0.497 e. The van der Waals surface area contributed by atoms with Crippen LogP contribution in [0.4, 0.5) is 23.3 Å². The third kappa shape index (κ3) is 4.88. The van der Waals surface area contributed by atoms with Crippen LogP contribution in [-0.4, -0.2) is 43.4 Å². The van der Waals surface area contributed by atoms with E-state index in [1.54, 1.807) is 64.8 Å². The standard InChI is InChI=1S/C19H20ClN5O4/c1-26-11-5-7-15(28-3)13(9-11)21-18-23-17(20)24-19(25-18)22-14-10-12(27-2)6-8-16(14)29-4/h5-10H,1-4H3,(H2,21,22,23,24,25). The summed E-state index contributed by atoms with van der Waals surface area (Å²) in [6, 6.07) is 10.6. The molecule has 0 aliphatic rings. The number of methoxy groups -OCH3 is 4. The van der Waals surface area contributed by atoms with Crippen molar-refractivity contribution in [3.8, 4) is 23.0 Å². The Balaban J connectivity index is 1.92. The molecule has 0 aliphatic heterocycles. The van der Waals surface area contributed by atoms with Crippen LogP contribution in [0.1, 0.15) is 0 Å². The molecule has 0 radical (unpaired) electrons. The highest BCUT2D eigenvalue weighted by Gasteiger charge is 2.12. The molecule has 1 heterocycles. The van der Waals surface area contributed by atoms with E-state index >= 15 is 0 Å². The molecular formula is C19H20ClN5O4. The van der Waals surface area contributed by atoms with Gasteiger partial charge in [0.1, 0.15) is 23.0 Å². The molecule has 3 aromatic rings. The van der Waals surface area contributed by atoms with Crippen molar-refractivity contribution in [2.24, 2.45) is 0 Å². The summed E-state index contributed by atoms with van der Waals surface area (Å²) in [6.45, 7) is 0. The van der Waals surface area contributed by atoms with Gasteiger partial charge in [0.2, 0.25) is 17.2 Å². The maximum absolute atomic E-state index is 6.09. The van der Waals surface area contributed by atoms with Crippen molar-refractivity contribution in [1.82, 2.24) is 15.0 Å². The first-order valence-electron chi connectivity index (χ1n) is 8.46. The third-order valence-corrected chi connectivity index (χ3v) is 4.08. The fourth-order valence-corrected chi connectivity index (χ4v) is 2.69. The zero-order valence-corrected chi connectivity index (χ0v) is 17.1. The van der Waals surface area contributed by atoms with Crippen LogP contribution in [0.5, 0.6) is 23.0 Å². The molecule has 2 N–H and O–H groups in total. The molecule has 2 aromatic carbocycles. The molecule has 0 spiro atoms. The minimum absolute atomic E-state index is 0.00808. The summed E-state index contributed by atoms with van der Waals surface area (Å²) < 4.78 is 21.2. The number of hydrogen-bond donors (Lipinski definition) is 2. The van der Waals surface area contributed by atoms with Gasteiger partial charge in [-0.15, -0.1) is 0 Å². The molecular weight excluding hydrogens is 398 g/mol. The SMILES string of the molecule is COc1ccc(OC)c(Nc2nc(Cl)nc(Nc3cc(OC)ccc3OC)n2)c1. The Kier molecular flexibility index (Phi) is 6.40. The van der Waals surface area contributed by atoms with Gasteiger partial charge in [0.05, 0.1) is 39.8 Å². The molecule has 0 bridgehead atoms. The predicted octanol–water partition coefficient (Wildman–Crippen LogP) is 4.05. The quantitative estimate of drug-likeness (QED) is 0.562. The van der Waals surface area contributed by atoms with E-state index in [-0.39, 0.29) is 17.2 Å². The number of halogens is 1. The number of nitrogens with one attached hydrogen (secondary N) is 2. The fourth-order valence-electron chi connectivity index (χ4n) is 2.53. The smallest absolute Gasteiger partial charge is 0.233 e. The molecule has 9 nitrogen and oxygen atoms in total.